The summed E-state index contributed by atoms with van der Waals surface area (Å²) in [6.45, 7) is 6.76. The number of carbonyl (C=O) groups is 1. The average molecular weight is 302 g/mol. The number of rotatable bonds is 6. The summed E-state index contributed by atoms with van der Waals surface area (Å²) in [6, 6.07) is 0. The molecule has 0 aliphatic heterocycles. The van der Waals surface area contributed by atoms with Crippen LogP contribution < -0.4 is 5.32 Å². The van der Waals surface area contributed by atoms with E-state index in [4.69, 9.17) is 0 Å². The van der Waals surface area contributed by atoms with Crippen LogP contribution in [-0.4, -0.2) is 27.5 Å². The van der Waals surface area contributed by atoms with Crippen LogP contribution >= 0.6 is 15.9 Å². The first kappa shape index (κ1) is 14.2. The zero-order valence-electron chi connectivity index (χ0n) is 10.6. The van der Waals surface area contributed by atoms with Crippen LogP contribution in [0.2, 0.25) is 0 Å². The first-order valence-electron chi connectivity index (χ1n) is 5.93. The lowest BCUT2D eigenvalue weighted by Gasteiger charge is -2.13. The van der Waals surface area contributed by atoms with Crippen molar-refractivity contribution in [1.82, 2.24) is 15.5 Å². The fourth-order valence-electron chi connectivity index (χ4n) is 1.52. The van der Waals surface area contributed by atoms with Gasteiger partial charge in [0.05, 0.1) is 11.0 Å². The summed E-state index contributed by atoms with van der Waals surface area (Å²) in [6.07, 6.45) is 3.72. The fraction of sp³-hybridized carbons (Fsp3) is 0.667. The van der Waals surface area contributed by atoms with Gasteiger partial charge < -0.3 is 5.32 Å². The maximum atomic E-state index is 11.6. The highest BCUT2D eigenvalue weighted by Gasteiger charge is 2.17. The number of halogens is 1. The quantitative estimate of drug-likeness (QED) is 0.625. The maximum absolute atomic E-state index is 11.6. The van der Waals surface area contributed by atoms with Gasteiger partial charge >= 0.3 is 0 Å². The summed E-state index contributed by atoms with van der Waals surface area (Å²) in [5.41, 5.74) is 2.33. The van der Waals surface area contributed by atoms with E-state index in [0.29, 0.717) is 12.5 Å². The van der Waals surface area contributed by atoms with Gasteiger partial charge in [-0.3, -0.25) is 9.89 Å². The van der Waals surface area contributed by atoms with E-state index < -0.39 is 0 Å². The summed E-state index contributed by atoms with van der Waals surface area (Å²) in [7, 11) is 0. The van der Waals surface area contributed by atoms with Crippen molar-refractivity contribution in [3.05, 3.63) is 17.5 Å². The molecule has 1 aromatic rings. The standard InChI is InChI=1S/C12H20BrN3O/c1-8(2)11(13)12(17)14-6-4-5-10-7-15-16-9(10)3/h7-8,11H,4-6H2,1-3H3,(H,14,17)(H,15,16). The van der Waals surface area contributed by atoms with Crippen LogP contribution in [0.3, 0.4) is 0 Å². The van der Waals surface area contributed by atoms with Crippen LogP contribution in [-0.2, 0) is 11.2 Å². The smallest absolute Gasteiger partial charge is 0.234 e. The summed E-state index contributed by atoms with van der Waals surface area (Å²) in [5, 5.41) is 9.80. The van der Waals surface area contributed by atoms with Crippen LogP contribution in [0.15, 0.2) is 6.20 Å². The maximum Gasteiger partial charge on any atom is 0.234 e. The highest BCUT2D eigenvalue weighted by Crippen LogP contribution is 2.11. The Morgan fingerprint density at radius 2 is 2.29 bits per heavy atom. The molecule has 5 heteroatoms. The van der Waals surface area contributed by atoms with Crippen LogP contribution in [0, 0.1) is 12.8 Å². The third-order valence-electron chi connectivity index (χ3n) is 2.69. The molecule has 0 aliphatic rings. The van der Waals surface area contributed by atoms with Crippen molar-refractivity contribution >= 4 is 21.8 Å². The first-order chi connectivity index (χ1) is 8.02. The number of hydrogen-bond acceptors (Lipinski definition) is 2. The number of aryl methyl sites for hydroxylation is 2. The highest BCUT2D eigenvalue weighted by atomic mass is 79.9. The van der Waals surface area contributed by atoms with Gasteiger partial charge in [-0.1, -0.05) is 29.8 Å². The molecule has 0 saturated carbocycles. The molecular formula is C12H20BrN3O. The number of amides is 1. The van der Waals surface area contributed by atoms with Gasteiger partial charge in [-0.2, -0.15) is 5.10 Å². The average Bonchev–Trinajstić information content (AvgIpc) is 2.69. The second-order valence-corrected chi connectivity index (χ2v) is 5.55. The normalized spacial score (nSPS) is 12.8. The van der Waals surface area contributed by atoms with Gasteiger partial charge in [0.2, 0.25) is 5.91 Å². The van der Waals surface area contributed by atoms with Crippen molar-refractivity contribution in [3.63, 3.8) is 0 Å². The number of alkyl halides is 1. The van der Waals surface area contributed by atoms with Crippen molar-refractivity contribution in [2.24, 2.45) is 5.92 Å². The lowest BCUT2D eigenvalue weighted by atomic mass is 10.1. The molecule has 0 bridgehead atoms. The van der Waals surface area contributed by atoms with E-state index in [1.54, 1.807) is 0 Å². The van der Waals surface area contributed by atoms with E-state index in [9.17, 15) is 4.79 Å². The monoisotopic (exact) mass is 301 g/mol. The molecule has 2 N–H and O–H groups in total. The predicted octanol–water partition coefficient (Wildman–Crippen LogP) is 2.19. The molecule has 1 amide bonds. The zero-order chi connectivity index (χ0) is 12.8. The second-order valence-electron chi connectivity index (χ2n) is 4.56. The molecule has 0 saturated heterocycles. The summed E-state index contributed by atoms with van der Waals surface area (Å²) in [5.74, 6) is 0.384. The number of aromatic nitrogens is 2. The van der Waals surface area contributed by atoms with E-state index in [2.05, 4.69) is 31.4 Å². The van der Waals surface area contributed by atoms with Gasteiger partial charge in [0.1, 0.15) is 0 Å². The number of hydrogen-bond donors (Lipinski definition) is 2. The van der Waals surface area contributed by atoms with E-state index in [1.165, 1.54) is 5.56 Å². The molecule has 0 aliphatic carbocycles. The Labute approximate surface area is 111 Å². The van der Waals surface area contributed by atoms with E-state index in [-0.39, 0.29) is 10.7 Å². The van der Waals surface area contributed by atoms with Gasteiger partial charge in [0.25, 0.3) is 0 Å². The summed E-state index contributed by atoms with van der Waals surface area (Å²) >= 11 is 3.38. The first-order valence-corrected chi connectivity index (χ1v) is 6.84. The van der Waals surface area contributed by atoms with Gasteiger partial charge in [-0.25, -0.2) is 0 Å². The van der Waals surface area contributed by atoms with Crippen molar-refractivity contribution in [3.8, 4) is 0 Å². The van der Waals surface area contributed by atoms with E-state index >= 15 is 0 Å². The molecule has 1 aromatic heterocycles. The molecule has 17 heavy (non-hydrogen) atoms. The minimum atomic E-state index is -0.0989. The minimum Gasteiger partial charge on any atom is -0.355 e. The summed E-state index contributed by atoms with van der Waals surface area (Å²) < 4.78 is 0. The van der Waals surface area contributed by atoms with Crippen LogP contribution in [0.25, 0.3) is 0 Å². The molecule has 1 rings (SSSR count). The molecule has 1 heterocycles. The Balaban J connectivity index is 2.21. The van der Waals surface area contributed by atoms with Gasteiger partial charge in [-0.05, 0) is 31.2 Å². The topological polar surface area (TPSA) is 57.8 Å². The molecule has 0 aromatic carbocycles. The number of H-pyrrole nitrogens is 1. The van der Waals surface area contributed by atoms with E-state index in [1.807, 2.05) is 27.0 Å². The van der Waals surface area contributed by atoms with Gasteiger partial charge in [0, 0.05) is 12.2 Å². The fourth-order valence-corrected chi connectivity index (χ4v) is 1.68. The zero-order valence-corrected chi connectivity index (χ0v) is 12.2. The molecule has 0 fully saturated rings. The molecule has 1 unspecified atom stereocenters. The molecule has 4 nitrogen and oxygen atoms in total. The molecule has 96 valence electrons. The number of nitrogens with zero attached hydrogens (tertiary/aromatic N) is 1. The largest absolute Gasteiger partial charge is 0.355 e. The molecular weight excluding hydrogens is 282 g/mol. The van der Waals surface area contributed by atoms with Crippen molar-refractivity contribution in [1.29, 1.82) is 0 Å². The Bertz CT molecular complexity index is 362. The lowest BCUT2D eigenvalue weighted by molar-refractivity contribution is -0.121. The van der Waals surface area contributed by atoms with Crippen LogP contribution in [0.5, 0.6) is 0 Å². The summed E-state index contributed by atoms with van der Waals surface area (Å²) in [4.78, 5) is 11.5. The number of aromatic amines is 1. The molecule has 1 atom stereocenters. The SMILES string of the molecule is Cc1[nH]ncc1CCCNC(=O)C(Br)C(C)C. The third kappa shape index (κ3) is 4.50. The van der Waals surface area contributed by atoms with Crippen LogP contribution in [0.1, 0.15) is 31.5 Å². The highest BCUT2D eigenvalue weighted by molar-refractivity contribution is 9.10. The van der Waals surface area contributed by atoms with Gasteiger partial charge in [0.15, 0.2) is 0 Å². The Morgan fingerprint density at radius 3 is 2.82 bits per heavy atom. The second kappa shape index (κ2) is 6.79. The van der Waals surface area contributed by atoms with Crippen LogP contribution in [0.4, 0.5) is 0 Å². The number of nitrogens with one attached hydrogen (secondary N) is 2. The molecule has 0 spiro atoms. The lowest BCUT2D eigenvalue weighted by Crippen LogP contribution is -2.34. The third-order valence-corrected chi connectivity index (χ3v) is 4.17. The Hall–Kier alpha value is -0.840. The van der Waals surface area contributed by atoms with E-state index in [0.717, 1.165) is 18.5 Å². The Morgan fingerprint density at radius 1 is 1.59 bits per heavy atom. The minimum absolute atomic E-state index is 0.0731. The molecule has 0 radical (unpaired) electrons. The number of carbonyl (C=O) groups excluding carboxylic acids is 1. The Kier molecular flexibility index (Phi) is 5.68. The predicted molar refractivity (Wildman–Crippen MR) is 72.2 cm³/mol. The van der Waals surface area contributed by atoms with Crippen molar-refractivity contribution in [2.75, 3.05) is 6.54 Å². The van der Waals surface area contributed by atoms with Crippen molar-refractivity contribution < 1.29 is 4.79 Å². The van der Waals surface area contributed by atoms with Crippen molar-refractivity contribution in [2.45, 2.75) is 38.4 Å². The van der Waals surface area contributed by atoms with Gasteiger partial charge in [-0.15, -0.1) is 0 Å².